The number of aliphatic hydroxyl groups is 3. The average molecular weight is 188 g/mol. The van der Waals surface area contributed by atoms with Crippen molar-refractivity contribution >= 4 is 7.85 Å². The zero-order valence-electron chi connectivity index (χ0n) is 8.10. The minimum atomic E-state index is -0.964. The van der Waals surface area contributed by atoms with Crippen LogP contribution >= 0.6 is 0 Å². The molecular weight excluding hydrogens is 171 g/mol. The zero-order chi connectivity index (χ0) is 10.1. The second-order valence-corrected chi connectivity index (χ2v) is 3.88. The minimum Gasteiger partial charge on any atom is -0.396 e. The number of rotatable bonds is 3. The number of aliphatic hydroxyl groups excluding tert-OH is 3. The monoisotopic (exact) mass is 188 g/mol. The van der Waals surface area contributed by atoms with Crippen molar-refractivity contribution in [2.24, 2.45) is 5.92 Å². The fraction of sp³-hybridized carbons (Fsp3) is 1.00. The van der Waals surface area contributed by atoms with E-state index >= 15 is 0 Å². The second-order valence-electron chi connectivity index (χ2n) is 3.88. The molecule has 0 aromatic carbocycles. The summed E-state index contributed by atoms with van der Waals surface area (Å²) < 4.78 is 5.50. The van der Waals surface area contributed by atoms with E-state index in [0.717, 1.165) is 0 Å². The van der Waals surface area contributed by atoms with Gasteiger partial charge in [0.1, 0.15) is 13.4 Å². The predicted octanol–water partition coefficient (Wildman–Crippen LogP) is -1.91. The van der Waals surface area contributed by atoms with E-state index in [1.165, 1.54) is 0 Å². The van der Waals surface area contributed by atoms with Gasteiger partial charge in [-0.25, -0.2) is 0 Å². The van der Waals surface area contributed by atoms with Crippen molar-refractivity contribution in [2.75, 3.05) is 13.2 Å². The van der Waals surface area contributed by atoms with Gasteiger partial charge >= 0.3 is 0 Å². The van der Waals surface area contributed by atoms with Gasteiger partial charge in [0, 0.05) is 18.5 Å². The highest BCUT2D eigenvalue weighted by Gasteiger charge is 2.49. The van der Waals surface area contributed by atoms with Gasteiger partial charge in [-0.05, 0) is 6.42 Å². The summed E-state index contributed by atoms with van der Waals surface area (Å²) in [5, 5.41) is 27.9. The van der Waals surface area contributed by atoms with Crippen LogP contribution < -0.4 is 0 Å². The molecule has 76 valence electrons. The molecule has 1 aliphatic rings. The van der Waals surface area contributed by atoms with E-state index in [-0.39, 0.29) is 25.1 Å². The molecule has 0 spiro atoms. The van der Waals surface area contributed by atoms with Crippen molar-refractivity contribution < 1.29 is 20.1 Å². The number of ether oxygens (including phenoxy) is 1. The lowest BCUT2D eigenvalue weighted by Crippen LogP contribution is -2.50. The molecule has 4 nitrogen and oxygen atoms in total. The molecule has 1 fully saturated rings. The highest BCUT2D eigenvalue weighted by atomic mass is 16.5. The summed E-state index contributed by atoms with van der Waals surface area (Å²) in [5.41, 5.74) is -0.964. The molecule has 3 N–H and O–H groups in total. The fourth-order valence-corrected chi connectivity index (χ4v) is 1.91. The van der Waals surface area contributed by atoms with Gasteiger partial charge in [-0.2, -0.15) is 0 Å². The SMILES string of the molecule is B[C@H]1C[C@H](O)[C@](CO)([C@@H](C)CO)O1. The Balaban J connectivity index is 2.80. The minimum absolute atomic E-state index is 0.0591. The van der Waals surface area contributed by atoms with Crippen molar-refractivity contribution in [3.05, 3.63) is 0 Å². The maximum atomic E-state index is 9.72. The predicted molar refractivity (Wildman–Crippen MR) is 50.1 cm³/mol. The Kier molecular flexibility index (Phi) is 3.35. The molecule has 1 saturated heterocycles. The molecule has 0 radical (unpaired) electrons. The summed E-state index contributed by atoms with van der Waals surface area (Å²) in [6.07, 6.45) is -0.167. The first kappa shape index (κ1) is 11.0. The molecule has 13 heavy (non-hydrogen) atoms. The summed E-state index contributed by atoms with van der Waals surface area (Å²) >= 11 is 0. The highest BCUT2D eigenvalue weighted by molar-refractivity contribution is 6.11. The molecule has 0 unspecified atom stereocenters. The van der Waals surface area contributed by atoms with E-state index in [1.807, 2.05) is 7.85 Å². The highest BCUT2D eigenvalue weighted by Crippen LogP contribution is 2.35. The molecule has 1 aliphatic heterocycles. The molecule has 1 heterocycles. The first-order valence-corrected chi connectivity index (χ1v) is 4.64. The van der Waals surface area contributed by atoms with E-state index in [2.05, 4.69) is 0 Å². The summed E-state index contributed by atoms with van der Waals surface area (Å²) in [6.45, 7) is 1.42. The van der Waals surface area contributed by atoms with Crippen molar-refractivity contribution in [2.45, 2.75) is 31.1 Å². The average Bonchev–Trinajstić information content (AvgIpc) is 2.40. The molecule has 0 saturated carbocycles. The normalized spacial score (nSPS) is 42.2. The van der Waals surface area contributed by atoms with Gasteiger partial charge < -0.3 is 20.1 Å². The molecule has 0 bridgehead atoms. The first-order valence-electron chi connectivity index (χ1n) is 4.64. The van der Waals surface area contributed by atoms with Crippen LogP contribution in [0.1, 0.15) is 13.3 Å². The van der Waals surface area contributed by atoms with E-state index in [1.54, 1.807) is 6.92 Å². The molecule has 0 aromatic rings. The maximum Gasteiger partial charge on any atom is 0.139 e. The Bertz CT molecular complexity index is 172. The van der Waals surface area contributed by atoms with Crippen molar-refractivity contribution in [3.63, 3.8) is 0 Å². The van der Waals surface area contributed by atoms with Crippen LogP contribution in [0.4, 0.5) is 0 Å². The van der Waals surface area contributed by atoms with Crippen LogP contribution in [0.15, 0.2) is 0 Å². The van der Waals surface area contributed by atoms with Crippen molar-refractivity contribution in [1.82, 2.24) is 0 Å². The lowest BCUT2D eigenvalue weighted by Gasteiger charge is -2.35. The number of hydrogen-bond acceptors (Lipinski definition) is 4. The van der Waals surface area contributed by atoms with Gasteiger partial charge in [-0.3, -0.25) is 0 Å². The van der Waals surface area contributed by atoms with Crippen LogP contribution in [0.2, 0.25) is 0 Å². The van der Waals surface area contributed by atoms with Crippen LogP contribution in [-0.4, -0.2) is 54.1 Å². The van der Waals surface area contributed by atoms with Crippen molar-refractivity contribution in [1.29, 1.82) is 0 Å². The van der Waals surface area contributed by atoms with Gasteiger partial charge in [-0.1, -0.05) is 6.92 Å². The smallest absolute Gasteiger partial charge is 0.139 e. The Morgan fingerprint density at radius 1 is 1.62 bits per heavy atom. The van der Waals surface area contributed by atoms with Crippen molar-refractivity contribution in [3.8, 4) is 0 Å². The molecule has 4 atom stereocenters. The molecule has 0 aromatic heterocycles. The van der Waals surface area contributed by atoms with Gasteiger partial charge in [0.05, 0.1) is 12.7 Å². The Morgan fingerprint density at radius 3 is 2.54 bits per heavy atom. The fourth-order valence-electron chi connectivity index (χ4n) is 1.91. The Morgan fingerprint density at radius 2 is 2.23 bits per heavy atom. The molecule has 5 heteroatoms. The van der Waals surface area contributed by atoms with Crippen LogP contribution in [0.3, 0.4) is 0 Å². The summed E-state index contributed by atoms with van der Waals surface area (Å²) in [7, 11) is 1.85. The third-order valence-corrected chi connectivity index (χ3v) is 2.89. The van der Waals surface area contributed by atoms with Gasteiger partial charge in [-0.15, -0.1) is 0 Å². The van der Waals surface area contributed by atoms with E-state index in [0.29, 0.717) is 6.42 Å². The van der Waals surface area contributed by atoms with Crippen LogP contribution in [-0.2, 0) is 4.74 Å². The summed E-state index contributed by atoms with van der Waals surface area (Å²) in [6, 6.07) is -0.0591. The number of hydrogen-bond donors (Lipinski definition) is 3. The summed E-state index contributed by atoms with van der Waals surface area (Å²) in [5.74, 6) is -0.252. The molecular formula is C8H17BO4. The van der Waals surface area contributed by atoms with E-state index in [4.69, 9.17) is 9.84 Å². The Labute approximate surface area is 78.9 Å². The third kappa shape index (κ3) is 1.74. The zero-order valence-corrected chi connectivity index (χ0v) is 8.10. The second kappa shape index (κ2) is 3.96. The van der Waals surface area contributed by atoms with Gasteiger partial charge in [0.2, 0.25) is 0 Å². The maximum absolute atomic E-state index is 9.72. The van der Waals surface area contributed by atoms with Crippen LogP contribution in [0.25, 0.3) is 0 Å². The largest absolute Gasteiger partial charge is 0.396 e. The van der Waals surface area contributed by atoms with Gasteiger partial charge in [0.15, 0.2) is 0 Å². The van der Waals surface area contributed by atoms with Crippen LogP contribution in [0, 0.1) is 5.92 Å². The summed E-state index contributed by atoms with van der Waals surface area (Å²) in [4.78, 5) is 0. The van der Waals surface area contributed by atoms with Gasteiger partial charge in [0.25, 0.3) is 0 Å². The van der Waals surface area contributed by atoms with Crippen LogP contribution in [0.5, 0.6) is 0 Å². The third-order valence-electron chi connectivity index (χ3n) is 2.89. The van der Waals surface area contributed by atoms with E-state index in [9.17, 15) is 10.2 Å². The topological polar surface area (TPSA) is 69.9 Å². The Hall–Kier alpha value is -0.0951. The van der Waals surface area contributed by atoms with E-state index < -0.39 is 11.7 Å². The molecule has 0 amide bonds. The quantitative estimate of drug-likeness (QED) is 0.452. The standard InChI is InChI=1S/C8H17BO4/c1-5(3-10)8(4-11)6(12)2-7(9)13-8/h5-7,10-12H,2-4,9H2,1H3/t5-,6-,7+,8-/m0/s1. The lowest BCUT2D eigenvalue weighted by molar-refractivity contribution is -0.138. The molecule has 1 rings (SSSR count). The first-order chi connectivity index (χ1) is 6.06. The lowest BCUT2D eigenvalue weighted by atomic mass is 9.84. The molecule has 0 aliphatic carbocycles.